The van der Waals surface area contributed by atoms with Gasteiger partial charge in [0.15, 0.2) is 0 Å². The Labute approximate surface area is 170 Å². The molecule has 146 valence electrons. The third kappa shape index (κ3) is 4.07. The topological polar surface area (TPSA) is 47.6 Å². The Morgan fingerprint density at radius 3 is 2.39 bits per heavy atom. The van der Waals surface area contributed by atoms with Gasteiger partial charge in [-0.2, -0.15) is 0 Å². The van der Waals surface area contributed by atoms with Gasteiger partial charge in [-0.3, -0.25) is 0 Å². The van der Waals surface area contributed by atoms with Gasteiger partial charge in [0.25, 0.3) is 0 Å². The van der Waals surface area contributed by atoms with Crippen LogP contribution < -0.4 is 10.1 Å². The van der Waals surface area contributed by atoms with Crippen LogP contribution in [0.5, 0.6) is 5.75 Å². The number of dihydropyridines is 1. The maximum absolute atomic E-state index is 12.5. The minimum absolute atomic E-state index is 0.227. The number of benzene rings is 2. The molecule has 4 nitrogen and oxygen atoms in total. The summed E-state index contributed by atoms with van der Waals surface area (Å²) in [6, 6.07) is 15.4. The zero-order valence-electron chi connectivity index (χ0n) is 16.5. The summed E-state index contributed by atoms with van der Waals surface area (Å²) in [4.78, 5) is 12.5. The van der Waals surface area contributed by atoms with Gasteiger partial charge in [0.2, 0.25) is 0 Å². The first-order valence-electron chi connectivity index (χ1n) is 9.12. The van der Waals surface area contributed by atoms with Crippen LogP contribution in [-0.2, 0) is 16.1 Å². The summed E-state index contributed by atoms with van der Waals surface area (Å²) in [6.07, 6.45) is 0. The van der Waals surface area contributed by atoms with E-state index in [-0.39, 0.29) is 11.9 Å². The Morgan fingerprint density at radius 1 is 1.04 bits per heavy atom. The van der Waals surface area contributed by atoms with Crippen LogP contribution in [0, 0.1) is 0 Å². The molecule has 1 N–H and O–H groups in total. The summed E-state index contributed by atoms with van der Waals surface area (Å²) >= 11 is 5.96. The number of rotatable bonds is 5. The molecule has 2 aromatic rings. The van der Waals surface area contributed by atoms with E-state index in [1.165, 1.54) is 7.11 Å². The van der Waals surface area contributed by atoms with E-state index in [4.69, 9.17) is 21.1 Å². The van der Waals surface area contributed by atoms with Crippen molar-refractivity contribution in [1.82, 2.24) is 5.32 Å². The highest BCUT2D eigenvalue weighted by Gasteiger charge is 2.33. The lowest BCUT2D eigenvalue weighted by molar-refractivity contribution is -0.136. The molecule has 28 heavy (non-hydrogen) atoms. The third-order valence-electron chi connectivity index (χ3n) is 5.04. The van der Waals surface area contributed by atoms with Gasteiger partial charge in [-0.25, -0.2) is 4.79 Å². The number of ether oxygens (including phenoxy) is 2. The van der Waals surface area contributed by atoms with Crippen molar-refractivity contribution in [3.8, 4) is 5.75 Å². The van der Waals surface area contributed by atoms with Crippen LogP contribution in [0.25, 0.3) is 0 Å². The molecule has 0 radical (unpaired) electrons. The van der Waals surface area contributed by atoms with Gasteiger partial charge < -0.3 is 14.8 Å². The summed E-state index contributed by atoms with van der Waals surface area (Å²) in [5.74, 6) is 0.176. The molecule has 0 bridgehead atoms. The van der Waals surface area contributed by atoms with Gasteiger partial charge in [0, 0.05) is 27.9 Å². The van der Waals surface area contributed by atoms with Crippen molar-refractivity contribution in [3.63, 3.8) is 0 Å². The van der Waals surface area contributed by atoms with Crippen molar-refractivity contribution in [2.45, 2.75) is 33.3 Å². The number of nitrogens with one attached hydrogen (secondary N) is 1. The van der Waals surface area contributed by atoms with Gasteiger partial charge in [-0.05, 0) is 50.1 Å². The van der Waals surface area contributed by atoms with Crippen LogP contribution in [0.4, 0.5) is 0 Å². The summed E-state index contributed by atoms with van der Waals surface area (Å²) in [5.41, 5.74) is 5.46. The Morgan fingerprint density at radius 2 is 1.71 bits per heavy atom. The van der Waals surface area contributed by atoms with Crippen LogP contribution in [-0.4, -0.2) is 13.1 Å². The highest BCUT2D eigenvalue weighted by atomic mass is 35.5. The largest absolute Gasteiger partial charge is 0.489 e. The molecule has 1 aliphatic heterocycles. The minimum Gasteiger partial charge on any atom is -0.489 e. The van der Waals surface area contributed by atoms with Crippen LogP contribution in [0.15, 0.2) is 71.1 Å². The smallest absolute Gasteiger partial charge is 0.336 e. The predicted molar refractivity (Wildman–Crippen MR) is 111 cm³/mol. The lowest BCUT2D eigenvalue weighted by Gasteiger charge is -2.30. The zero-order chi connectivity index (χ0) is 20.3. The average molecular weight is 398 g/mol. The molecule has 3 rings (SSSR count). The molecule has 1 heterocycles. The van der Waals surface area contributed by atoms with Crippen molar-refractivity contribution in [2.75, 3.05) is 7.11 Å². The maximum Gasteiger partial charge on any atom is 0.336 e. The molecule has 0 aliphatic carbocycles. The summed E-state index contributed by atoms with van der Waals surface area (Å²) in [6.45, 7) is 6.35. The highest BCUT2D eigenvalue weighted by molar-refractivity contribution is 6.30. The number of carbonyl (C=O) groups excluding carboxylic acids is 1. The molecule has 0 fully saturated rings. The number of halogens is 1. The maximum atomic E-state index is 12.5. The highest BCUT2D eigenvalue weighted by Crippen LogP contribution is 2.42. The molecular formula is C23H24ClNO3. The zero-order valence-corrected chi connectivity index (χ0v) is 17.3. The fraction of sp³-hybridized carbons (Fsp3) is 0.261. The van der Waals surface area contributed by atoms with Gasteiger partial charge in [0.1, 0.15) is 12.4 Å². The van der Waals surface area contributed by atoms with E-state index in [2.05, 4.69) is 5.32 Å². The fourth-order valence-corrected chi connectivity index (χ4v) is 3.58. The van der Waals surface area contributed by atoms with Gasteiger partial charge in [0.05, 0.1) is 12.7 Å². The standard InChI is InChI=1S/C23H24ClNO3/c1-14-15(2)25-16(3)22(23(26)27-4)21(14)19-7-5-6-8-20(19)28-13-17-9-11-18(24)12-10-17/h5-12,21,25H,13H2,1-4H3. The number of hydrogen-bond donors (Lipinski definition) is 1. The van der Waals surface area contributed by atoms with Crippen molar-refractivity contribution >= 4 is 17.6 Å². The van der Waals surface area contributed by atoms with Gasteiger partial charge in [-0.15, -0.1) is 0 Å². The van der Waals surface area contributed by atoms with E-state index in [0.29, 0.717) is 17.2 Å². The molecule has 0 saturated heterocycles. The van der Waals surface area contributed by atoms with E-state index in [1.807, 2.05) is 69.3 Å². The predicted octanol–water partition coefficient (Wildman–Crippen LogP) is 5.35. The average Bonchev–Trinajstić information content (AvgIpc) is 2.70. The monoisotopic (exact) mass is 397 g/mol. The molecule has 0 spiro atoms. The summed E-state index contributed by atoms with van der Waals surface area (Å²) in [5, 5.41) is 3.97. The lowest BCUT2D eigenvalue weighted by Crippen LogP contribution is -2.28. The quantitative estimate of drug-likeness (QED) is 0.691. The van der Waals surface area contributed by atoms with Crippen LogP contribution in [0.3, 0.4) is 0 Å². The van der Waals surface area contributed by atoms with Crippen LogP contribution in [0.1, 0.15) is 37.8 Å². The van der Waals surface area contributed by atoms with Crippen LogP contribution >= 0.6 is 11.6 Å². The van der Waals surface area contributed by atoms with Crippen LogP contribution in [0.2, 0.25) is 5.02 Å². The second kappa shape index (κ2) is 8.53. The third-order valence-corrected chi connectivity index (χ3v) is 5.29. The summed E-state index contributed by atoms with van der Waals surface area (Å²) in [7, 11) is 1.41. The molecule has 5 heteroatoms. The van der Waals surface area contributed by atoms with Crippen molar-refractivity contribution in [3.05, 3.63) is 87.2 Å². The first-order valence-corrected chi connectivity index (χ1v) is 9.49. The molecule has 2 aromatic carbocycles. The Bertz CT molecular complexity index is 945. The Balaban J connectivity index is 1.98. The van der Waals surface area contributed by atoms with Crippen molar-refractivity contribution < 1.29 is 14.3 Å². The fourth-order valence-electron chi connectivity index (χ4n) is 3.46. The number of esters is 1. The molecule has 1 atom stereocenters. The Kier molecular flexibility index (Phi) is 6.10. The van der Waals surface area contributed by atoms with Crippen molar-refractivity contribution in [2.24, 2.45) is 0 Å². The molecule has 0 amide bonds. The van der Waals surface area contributed by atoms with E-state index < -0.39 is 0 Å². The van der Waals surface area contributed by atoms with E-state index in [0.717, 1.165) is 33.8 Å². The van der Waals surface area contributed by atoms with E-state index >= 15 is 0 Å². The minimum atomic E-state index is -0.339. The number of carbonyl (C=O) groups is 1. The van der Waals surface area contributed by atoms with Crippen molar-refractivity contribution in [1.29, 1.82) is 0 Å². The SMILES string of the molecule is COC(=O)C1=C(C)NC(C)=C(C)C1c1ccccc1OCc1ccc(Cl)cc1. The van der Waals surface area contributed by atoms with Gasteiger partial charge >= 0.3 is 5.97 Å². The summed E-state index contributed by atoms with van der Waals surface area (Å²) < 4.78 is 11.2. The van der Waals surface area contributed by atoms with E-state index in [9.17, 15) is 4.79 Å². The normalized spacial score (nSPS) is 16.7. The number of allylic oxidation sites excluding steroid dienone is 3. The first kappa shape index (κ1) is 20.0. The number of methoxy groups -OCH3 is 1. The second-order valence-electron chi connectivity index (χ2n) is 6.85. The molecule has 1 unspecified atom stereocenters. The number of hydrogen-bond acceptors (Lipinski definition) is 4. The van der Waals surface area contributed by atoms with E-state index in [1.54, 1.807) is 0 Å². The molecule has 0 saturated carbocycles. The number of para-hydroxylation sites is 1. The van der Waals surface area contributed by atoms with Gasteiger partial charge in [-0.1, -0.05) is 41.9 Å². The molecular weight excluding hydrogens is 374 g/mol. The Hall–Kier alpha value is -2.72. The second-order valence-corrected chi connectivity index (χ2v) is 7.29. The molecule has 0 aromatic heterocycles. The first-order chi connectivity index (χ1) is 13.4. The lowest BCUT2D eigenvalue weighted by atomic mass is 9.81. The molecule has 1 aliphatic rings.